The second kappa shape index (κ2) is 11.1. The molecule has 38 heavy (non-hydrogen) atoms. The Bertz CT molecular complexity index is 1410. The number of anilines is 3. The lowest BCUT2D eigenvalue weighted by Gasteiger charge is -2.27. The minimum atomic E-state index is -4.51. The van der Waals surface area contributed by atoms with E-state index < -0.39 is 17.6 Å². The number of hydrogen-bond donors (Lipinski definition) is 1. The maximum Gasteiger partial charge on any atom is 0.416 e. The summed E-state index contributed by atoms with van der Waals surface area (Å²) in [4.78, 5) is 18.2. The van der Waals surface area contributed by atoms with Crippen LogP contribution in [0.5, 0.6) is 0 Å². The molecule has 1 saturated heterocycles. The van der Waals surface area contributed by atoms with E-state index in [9.17, 15) is 17.6 Å². The van der Waals surface area contributed by atoms with Crippen molar-refractivity contribution in [2.45, 2.75) is 12.7 Å². The highest BCUT2D eigenvalue weighted by atomic mass is 32.1. The molecule has 0 amide bonds. The number of ether oxygens (including phenoxy) is 1. The number of nitrogens with zero attached hydrogens (tertiary/aromatic N) is 7. The topological polar surface area (TPSA) is 101 Å². The predicted molar refractivity (Wildman–Crippen MR) is 133 cm³/mol. The Labute approximate surface area is 218 Å². The number of alkyl halides is 3. The van der Waals surface area contributed by atoms with Gasteiger partial charge in [0.1, 0.15) is 11.6 Å². The molecule has 1 fully saturated rings. The SMILES string of the molecule is Fc1cnc(N=NCc2ccc(Nc3cc(-c4nccs4)cc(C(F)(F)F)c3)cn2)nc1N1CCOCC1. The van der Waals surface area contributed by atoms with Crippen LogP contribution in [0.4, 0.5) is 40.7 Å². The summed E-state index contributed by atoms with van der Waals surface area (Å²) in [6, 6.07) is 7.05. The van der Waals surface area contributed by atoms with Crippen LogP contribution in [0.2, 0.25) is 0 Å². The standard InChI is InChI=1S/C24H20F4N8OS/c25-20-14-31-23(34-21(20)36-4-6-37-7-5-36)35-32-13-17-1-2-18(12-30-17)33-19-10-15(22-29-3-8-38-22)9-16(11-19)24(26,27)28/h1-3,8-12,14,33H,4-7,13H2. The van der Waals surface area contributed by atoms with E-state index in [1.165, 1.54) is 17.5 Å². The number of aromatic nitrogens is 4. The Morgan fingerprint density at radius 1 is 1.03 bits per heavy atom. The van der Waals surface area contributed by atoms with Crippen LogP contribution in [0, 0.1) is 5.82 Å². The second-order valence-electron chi connectivity index (χ2n) is 8.14. The van der Waals surface area contributed by atoms with E-state index in [2.05, 4.69) is 35.5 Å². The Balaban J connectivity index is 1.26. The van der Waals surface area contributed by atoms with Gasteiger partial charge >= 0.3 is 6.18 Å². The van der Waals surface area contributed by atoms with Crippen LogP contribution in [0.1, 0.15) is 11.3 Å². The summed E-state index contributed by atoms with van der Waals surface area (Å²) in [5.74, 6) is -0.375. The summed E-state index contributed by atoms with van der Waals surface area (Å²) in [6.07, 6.45) is -0.426. The summed E-state index contributed by atoms with van der Waals surface area (Å²) >= 11 is 1.25. The molecule has 0 aliphatic carbocycles. The van der Waals surface area contributed by atoms with Crippen molar-refractivity contribution in [3.63, 3.8) is 0 Å². The molecule has 0 unspecified atom stereocenters. The van der Waals surface area contributed by atoms with Crippen molar-refractivity contribution < 1.29 is 22.3 Å². The van der Waals surface area contributed by atoms with Crippen LogP contribution in [0.3, 0.4) is 0 Å². The van der Waals surface area contributed by atoms with Crippen molar-refractivity contribution in [3.05, 3.63) is 71.4 Å². The molecule has 1 aliphatic heterocycles. The zero-order chi connectivity index (χ0) is 26.5. The summed E-state index contributed by atoms with van der Waals surface area (Å²) in [5, 5.41) is 13.2. The molecule has 1 aliphatic rings. The van der Waals surface area contributed by atoms with Crippen LogP contribution >= 0.6 is 11.3 Å². The van der Waals surface area contributed by atoms with Gasteiger partial charge in [0.15, 0.2) is 11.6 Å². The Morgan fingerprint density at radius 3 is 2.58 bits per heavy atom. The van der Waals surface area contributed by atoms with Crippen molar-refractivity contribution in [1.82, 2.24) is 19.9 Å². The third kappa shape index (κ3) is 6.26. The maximum atomic E-state index is 14.2. The molecule has 4 aromatic rings. The summed E-state index contributed by atoms with van der Waals surface area (Å²) in [6.45, 7) is 2.10. The van der Waals surface area contributed by atoms with Gasteiger partial charge < -0.3 is 15.0 Å². The molecule has 196 valence electrons. The molecule has 3 aromatic heterocycles. The first-order valence-electron chi connectivity index (χ1n) is 11.4. The first-order valence-corrected chi connectivity index (χ1v) is 12.3. The third-order valence-corrected chi connectivity index (χ3v) is 6.29. The highest BCUT2D eigenvalue weighted by Crippen LogP contribution is 2.36. The van der Waals surface area contributed by atoms with Gasteiger partial charge in [-0.15, -0.1) is 16.5 Å². The molecular formula is C24H20F4N8OS. The Hall–Kier alpha value is -4.04. The number of benzene rings is 1. The highest BCUT2D eigenvalue weighted by molar-refractivity contribution is 7.13. The van der Waals surface area contributed by atoms with E-state index in [0.29, 0.717) is 48.3 Å². The second-order valence-corrected chi connectivity index (χ2v) is 9.03. The minimum absolute atomic E-state index is 0.0201. The maximum absolute atomic E-state index is 14.2. The zero-order valence-corrected chi connectivity index (χ0v) is 20.5. The van der Waals surface area contributed by atoms with Gasteiger partial charge in [-0.2, -0.15) is 23.3 Å². The lowest BCUT2D eigenvalue weighted by molar-refractivity contribution is -0.137. The van der Waals surface area contributed by atoms with Crippen LogP contribution in [0.15, 0.2) is 64.5 Å². The van der Waals surface area contributed by atoms with E-state index in [1.807, 2.05) is 0 Å². The fourth-order valence-corrected chi connectivity index (χ4v) is 4.30. The predicted octanol–water partition coefficient (Wildman–Crippen LogP) is 6.02. The average molecular weight is 545 g/mol. The molecule has 9 nitrogen and oxygen atoms in total. The normalized spacial score (nSPS) is 14.3. The van der Waals surface area contributed by atoms with Crippen LogP contribution in [-0.4, -0.2) is 46.2 Å². The van der Waals surface area contributed by atoms with Crippen molar-refractivity contribution in [1.29, 1.82) is 0 Å². The molecule has 1 N–H and O–H groups in total. The lowest BCUT2D eigenvalue weighted by Crippen LogP contribution is -2.37. The first-order chi connectivity index (χ1) is 18.3. The van der Waals surface area contributed by atoms with Gasteiger partial charge in [-0.1, -0.05) is 0 Å². The van der Waals surface area contributed by atoms with Crippen molar-refractivity contribution >= 4 is 34.5 Å². The van der Waals surface area contributed by atoms with E-state index >= 15 is 0 Å². The lowest BCUT2D eigenvalue weighted by atomic mass is 10.1. The molecule has 1 aromatic carbocycles. The molecular weight excluding hydrogens is 524 g/mol. The molecule has 0 bridgehead atoms. The van der Waals surface area contributed by atoms with Gasteiger partial charge in [-0.25, -0.2) is 14.4 Å². The van der Waals surface area contributed by atoms with Gasteiger partial charge in [0.25, 0.3) is 5.95 Å². The van der Waals surface area contributed by atoms with Gasteiger partial charge in [0.2, 0.25) is 0 Å². The Morgan fingerprint density at radius 2 is 1.87 bits per heavy atom. The Kier molecular flexibility index (Phi) is 7.51. The molecule has 0 saturated carbocycles. The van der Waals surface area contributed by atoms with Gasteiger partial charge in [0, 0.05) is 35.9 Å². The van der Waals surface area contributed by atoms with Crippen molar-refractivity contribution in [2.75, 3.05) is 36.5 Å². The number of hydrogen-bond acceptors (Lipinski definition) is 10. The van der Waals surface area contributed by atoms with Crippen LogP contribution in [-0.2, 0) is 17.5 Å². The monoisotopic (exact) mass is 544 g/mol. The highest BCUT2D eigenvalue weighted by Gasteiger charge is 2.31. The summed E-state index contributed by atoms with van der Waals surface area (Å²) in [7, 11) is 0. The largest absolute Gasteiger partial charge is 0.416 e. The zero-order valence-electron chi connectivity index (χ0n) is 19.7. The van der Waals surface area contributed by atoms with E-state index in [0.717, 1.165) is 18.3 Å². The first kappa shape index (κ1) is 25.6. The van der Waals surface area contributed by atoms with Gasteiger partial charge in [0.05, 0.1) is 42.6 Å². The number of rotatable bonds is 7. The summed E-state index contributed by atoms with van der Waals surface area (Å²) in [5.41, 5.74) is 0.887. The number of nitrogens with one attached hydrogen (secondary N) is 1. The molecule has 0 spiro atoms. The van der Waals surface area contributed by atoms with Crippen LogP contribution < -0.4 is 10.2 Å². The van der Waals surface area contributed by atoms with Crippen molar-refractivity contribution in [3.8, 4) is 10.6 Å². The van der Waals surface area contributed by atoms with Gasteiger partial charge in [-0.05, 0) is 30.3 Å². The number of halogens is 4. The number of morpholine rings is 1. The smallest absolute Gasteiger partial charge is 0.378 e. The van der Waals surface area contributed by atoms with E-state index in [-0.39, 0.29) is 24.0 Å². The fraction of sp³-hybridized carbons (Fsp3) is 0.250. The minimum Gasteiger partial charge on any atom is -0.378 e. The summed E-state index contributed by atoms with van der Waals surface area (Å²) < 4.78 is 59.8. The number of pyridine rings is 1. The molecule has 0 atom stereocenters. The van der Waals surface area contributed by atoms with E-state index in [4.69, 9.17) is 4.74 Å². The fourth-order valence-electron chi connectivity index (χ4n) is 3.68. The third-order valence-electron chi connectivity index (χ3n) is 5.47. The quantitative estimate of drug-likeness (QED) is 0.224. The average Bonchev–Trinajstić information content (AvgIpc) is 3.46. The molecule has 0 radical (unpaired) electrons. The van der Waals surface area contributed by atoms with Gasteiger partial charge in [-0.3, -0.25) is 4.98 Å². The molecule has 5 rings (SSSR count). The molecule has 4 heterocycles. The molecule has 14 heteroatoms. The van der Waals surface area contributed by atoms with Crippen molar-refractivity contribution in [2.24, 2.45) is 10.2 Å². The number of azo groups is 1. The van der Waals surface area contributed by atoms with Crippen LogP contribution in [0.25, 0.3) is 10.6 Å². The van der Waals surface area contributed by atoms with E-state index in [1.54, 1.807) is 34.7 Å². The number of thiazole rings is 1.